The summed E-state index contributed by atoms with van der Waals surface area (Å²) < 4.78 is 0. The first-order valence-electron chi connectivity index (χ1n) is 6.62. The van der Waals surface area contributed by atoms with Gasteiger partial charge in [-0.2, -0.15) is 0 Å². The number of rotatable bonds is 11. The zero-order valence-corrected chi connectivity index (χ0v) is 10.8. The summed E-state index contributed by atoms with van der Waals surface area (Å²) in [6.07, 6.45) is 12.8. The molecule has 0 amide bonds. The SMILES string of the molecule is CCCCCCCCCCCNCC.O. The van der Waals surface area contributed by atoms with Crippen molar-refractivity contribution in [3.05, 3.63) is 0 Å². The van der Waals surface area contributed by atoms with Crippen LogP contribution in [-0.2, 0) is 0 Å². The Labute approximate surface area is 96.1 Å². The Balaban J connectivity index is 0. The molecule has 94 valence electrons. The van der Waals surface area contributed by atoms with E-state index in [2.05, 4.69) is 19.2 Å². The second-order valence-electron chi connectivity index (χ2n) is 4.18. The summed E-state index contributed by atoms with van der Waals surface area (Å²) in [4.78, 5) is 0. The van der Waals surface area contributed by atoms with Crippen LogP contribution >= 0.6 is 0 Å². The third-order valence-electron chi connectivity index (χ3n) is 2.71. The average Bonchev–Trinajstić information content (AvgIpc) is 2.21. The van der Waals surface area contributed by atoms with Gasteiger partial charge in [-0.25, -0.2) is 0 Å². The van der Waals surface area contributed by atoms with Crippen LogP contribution in [0, 0.1) is 0 Å². The average molecular weight is 217 g/mol. The number of nitrogens with one attached hydrogen (secondary N) is 1. The van der Waals surface area contributed by atoms with Gasteiger partial charge in [0.05, 0.1) is 0 Å². The predicted octanol–water partition coefficient (Wildman–Crippen LogP) is 3.30. The third kappa shape index (κ3) is 16.6. The lowest BCUT2D eigenvalue weighted by molar-refractivity contribution is 0.553. The van der Waals surface area contributed by atoms with Crippen molar-refractivity contribution in [1.29, 1.82) is 0 Å². The van der Waals surface area contributed by atoms with Crippen molar-refractivity contribution < 1.29 is 5.48 Å². The molecular weight excluding hydrogens is 186 g/mol. The Morgan fingerprint density at radius 1 is 0.667 bits per heavy atom. The lowest BCUT2D eigenvalue weighted by Gasteiger charge is -2.02. The van der Waals surface area contributed by atoms with Crippen molar-refractivity contribution >= 4 is 0 Å². The molecule has 2 heteroatoms. The molecule has 0 atom stereocenters. The number of hydrogen-bond acceptors (Lipinski definition) is 1. The first kappa shape index (κ1) is 17.3. The molecule has 0 spiro atoms. The van der Waals surface area contributed by atoms with Crippen molar-refractivity contribution in [2.24, 2.45) is 0 Å². The zero-order chi connectivity index (χ0) is 10.5. The van der Waals surface area contributed by atoms with E-state index in [0.717, 1.165) is 6.54 Å². The van der Waals surface area contributed by atoms with Crippen molar-refractivity contribution in [3.63, 3.8) is 0 Å². The molecule has 0 aromatic rings. The van der Waals surface area contributed by atoms with Gasteiger partial charge in [-0.1, -0.05) is 65.2 Å². The molecule has 0 bridgehead atoms. The molecule has 0 aromatic carbocycles. The summed E-state index contributed by atoms with van der Waals surface area (Å²) in [6, 6.07) is 0. The minimum atomic E-state index is 0. The summed E-state index contributed by atoms with van der Waals surface area (Å²) >= 11 is 0. The molecule has 0 saturated carbocycles. The largest absolute Gasteiger partial charge is 0.412 e. The van der Waals surface area contributed by atoms with Crippen LogP contribution in [-0.4, -0.2) is 18.6 Å². The van der Waals surface area contributed by atoms with E-state index in [1.165, 1.54) is 64.3 Å². The Bertz CT molecular complexity index is 84.5. The molecule has 0 aromatic heterocycles. The Kier molecular flexibility index (Phi) is 18.9. The standard InChI is InChI=1S/C13H29N.H2O/c1-3-5-6-7-8-9-10-11-12-13-14-4-2;/h14H,3-13H2,1-2H3;1H2. The van der Waals surface area contributed by atoms with Gasteiger partial charge in [0.2, 0.25) is 0 Å². The highest BCUT2D eigenvalue weighted by Crippen LogP contribution is 2.08. The van der Waals surface area contributed by atoms with E-state index in [1.54, 1.807) is 0 Å². The third-order valence-corrected chi connectivity index (χ3v) is 2.71. The van der Waals surface area contributed by atoms with Gasteiger partial charge in [-0.15, -0.1) is 0 Å². The summed E-state index contributed by atoms with van der Waals surface area (Å²) in [6.45, 7) is 6.79. The molecule has 0 saturated heterocycles. The smallest absolute Gasteiger partial charge is 0.00490 e. The second kappa shape index (κ2) is 16.4. The van der Waals surface area contributed by atoms with Crippen molar-refractivity contribution in [3.8, 4) is 0 Å². The maximum Gasteiger partial charge on any atom is -0.00490 e. The van der Waals surface area contributed by atoms with Crippen molar-refractivity contribution in [2.45, 2.75) is 71.6 Å². The first-order valence-corrected chi connectivity index (χ1v) is 6.62. The topological polar surface area (TPSA) is 43.5 Å². The highest BCUT2D eigenvalue weighted by molar-refractivity contribution is 4.48. The van der Waals surface area contributed by atoms with Crippen LogP contribution in [0.25, 0.3) is 0 Å². The molecule has 0 aliphatic heterocycles. The second-order valence-corrected chi connectivity index (χ2v) is 4.18. The van der Waals surface area contributed by atoms with Crippen LogP contribution < -0.4 is 5.32 Å². The van der Waals surface area contributed by atoms with E-state index in [1.807, 2.05) is 0 Å². The summed E-state index contributed by atoms with van der Waals surface area (Å²) in [5.74, 6) is 0. The molecule has 2 nitrogen and oxygen atoms in total. The van der Waals surface area contributed by atoms with Gasteiger partial charge in [0.15, 0.2) is 0 Å². The highest BCUT2D eigenvalue weighted by atomic mass is 16.0. The normalized spacial score (nSPS) is 10.0. The number of hydrogen-bond donors (Lipinski definition) is 1. The molecular formula is C13H31NO. The fourth-order valence-electron chi connectivity index (χ4n) is 1.74. The minimum Gasteiger partial charge on any atom is -0.412 e. The summed E-state index contributed by atoms with van der Waals surface area (Å²) in [7, 11) is 0. The molecule has 0 aliphatic carbocycles. The van der Waals surface area contributed by atoms with E-state index in [-0.39, 0.29) is 5.48 Å². The zero-order valence-electron chi connectivity index (χ0n) is 10.8. The van der Waals surface area contributed by atoms with Crippen LogP contribution in [0.3, 0.4) is 0 Å². The monoisotopic (exact) mass is 217 g/mol. The van der Waals surface area contributed by atoms with E-state index < -0.39 is 0 Å². The van der Waals surface area contributed by atoms with Gasteiger partial charge in [-0.05, 0) is 19.5 Å². The van der Waals surface area contributed by atoms with E-state index in [4.69, 9.17) is 0 Å². The molecule has 0 radical (unpaired) electrons. The molecule has 15 heavy (non-hydrogen) atoms. The molecule has 3 N–H and O–H groups in total. The summed E-state index contributed by atoms with van der Waals surface area (Å²) in [5, 5.41) is 3.37. The molecule has 0 heterocycles. The van der Waals surface area contributed by atoms with Gasteiger partial charge in [0.25, 0.3) is 0 Å². The Morgan fingerprint density at radius 2 is 1.13 bits per heavy atom. The first-order chi connectivity index (χ1) is 6.91. The van der Waals surface area contributed by atoms with Crippen molar-refractivity contribution in [2.75, 3.05) is 13.1 Å². The van der Waals surface area contributed by atoms with Crippen LogP contribution in [0.15, 0.2) is 0 Å². The minimum absolute atomic E-state index is 0. The fourth-order valence-corrected chi connectivity index (χ4v) is 1.74. The summed E-state index contributed by atoms with van der Waals surface area (Å²) in [5.41, 5.74) is 0. The number of unbranched alkanes of at least 4 members (excludes halogenated alkanes) is 8. The molecule has 0 unspecified atom stereocenters. The van der Waals surface area contributed by atoms with E-state index in [9.17, 15) is 0 Å². The molecule has 0 fully saturated rings. The molecule has 0 rings (SSSR count). The maximum atomic E-state index is 3.37. The van der Waals surface area contributed by atoms with Gasteiger partial charge in [0, 0.05) is 0 Å². The quantitative estimate of drug-likeness (QED) is 0.530. The van der Waals surface area contributed by atoms with E-state index in [0.29, 0.717) is 0 Å². The lowest BCUT2D eigenvalue weighted by Crippen LogP contribution is -2.13. The highest BCUT2D eigenvalue weighted by Gasteiger charge is 1.91. The van der Waals surface area contributed by atoms with Crippen LogP contribution in [0.1, 0.15) is 71.6 Å². The Morgan fingerprint density at radius 3 is 1.60 bits per heavy atom. The fraction of sp³-hybridized carbons (Fsp3) is 1.00. The maximum absolute atomic E-state index is 3.37. The van der Waals surface area contributed by atoms with Crippen LogP contribution in [0.5, 0.6) is 0 Å². The van der Waals surface area contributed by atoms with Crippen LogP contribution in [0.4, 0.5) is 0 Å². The van der Waals surface area contributed by atoms with Gasteiger partial charge in [0.1, 0.15) is 0 Å². The van der Waals surface area contributed by atoms with Crippen LogP contribution in [0.2, 0.25) is 0 Å². The van der Waals surface area contributed by atoms with Gasteiger partial charge in [-0.3, -0.25) is 0 Å². The van der Waals surface area contributed by atoms with Gasteiger partial charge >= 0.3 is 0 Å². The van der Waals surface area contributed by atoms with Crippen molar-refractivity contribution in [1.82, 2.24) is 5.32 Å². The van der Waals surface area contributed by atoms with Gasteiger partial charge < -0.3 is 10.8 Å². The van der Waals surface area contributed by atoms with E-state index >= 15 is 0 Å². The molecule has 0 aliphatic rings. The predicted molar refractivity (Wildman–Crippen MR) is 69.4 cm³/mol. The lowest BCUT2D eigenvalue weighted by atomic mass is 10.1. The Hall–Kier alpha value is -0.0800.